The van der Waals surface area contributed by atoms with E-state index in [1.165, 1.54) is 24.3 Å². The third-order valence-electron chi connectivity index (χ3n) is 4.05. The lowest BCUT2D eigenvalue weighted by molar-refractivity contribution is -0.126. The Kier molecular flexibility index (Phi) is 4.89. The van der Waals surface area contributed by atoms with Crippen LogP contribution in [0.15, 0.2) is 54.6 Å². The van der Waals surface area contributed by atoms with Gasteiger partial charge in [-0.1, -0.05) is 24.3 Å². The Morgan fingerprint density at radius 2 is 1.71 bits per heavy atom. The van der Waals surface area contributed by atoms with Gasteiger partial charge in [-0.3, -0.25) is 4.79 Å². The molecule has 0 unspecified atom stereocenters. The van der Waals surface area contributed by atoms with E-state index in [1.807, 2.05) is 4.90 Å². The molecule has 1 heterocycles. The number of hydrogen-bond acceptors (Lipinski definition) is 2. The first-order valence-electron chi connectivity index (χ1n) is 7.85. The summed E-state index contributed by atoms with van der Waals surface area (Å²) in [5.41, 5.74) is 1.22. The molecule has 0 N–H and O–H groups in total. The Balaban J connectivity index is 1.58. The summed E-state index contributed by atoms with van der Waals surface area (Å²) in [5, 5.41) is 0. The molecule has 0 atom stereocenters. The van der Waals surface area contributed by atoms with Gasteiger partial charge in [0.1, 0.15) is 11.6 Å². The van der Waals surface area contributed by atoms with Gasteiger partial charge in [0, 0.05) is 32.3 Å². The molecule has 0 aliphatic carbocycles. The van der Waals surface area contributed by atoms with E-state index in [9.17, 15) is 13.6 Å². The number of halogens is 2. The van der Waals surface area contributed by atoms with Crippen LogP contribution in [-0.2, 0) is 4.79 Å². The first-order valence-corrected chi connectivity index (χ1v) is 7.85. The number of anilines is 1. The van der Waals surface area contributed by atoms with Crippen LogP contribution in [-0.4, -0.2) is 37.0 Å². The number of nitrogens with zero attached hydrogens (tertiary/aromatic N) is 2. The Hall–Kier alpha value is -2.69. The fraction of sp³-hybridized carbons (Fsp3) is 0.211. The SMILES string of the molecule is O=C(/C=C/c1cccc(F)c1)N1CCN(c2ccccc2F)CC1. The zero-order valence-electron chi connectivity index (χ0n) is 13.2. The molecule has 0 saturated carbocycles. The molecule has 1 amide bonds. The molecule has 2 aromatic carbocycles. The van der Waals surface area contributed by atoms with Crippen molar-refractivity contribution in [1.29, 1.82) is 0 Å². The predicted octanol–water partition coefficient (Wildman–Crippen LogP) is 3.33. The number of benzene rings is 2. The zero-order chi connectivity index (χ0) is 16.9. The van der Waals surface area contributed by atoms with Crippen LogP contribution < -0.4 is 4.90 Å². The molecule has 1 aliphatic heterocycles. The van der Waals surface area contributed by atoms with Crippen LogP contribution >= 0.6 is 0 Å². The number of carbonyl (C=O) groups is 1. The monoisotopic (exact) mass is 328 g/mol. The molecule has 124 valence electrons. The van der Waals surface area contributed by atoms with E-state index < -0.39 is 0 Å². The molecular formula is C19H18F2N2O. The highest BCUT2D eigenvalue weighted by molar-refractivity contribution is 5.92. The molecule has 0 spiro atoms. The van der Waals surface area contributed by atoms with Crippen molar-refractivity contribution in [3.05, 3.63) is 71.8 Å². The Morgan fingerprint density at radius 3 is 2.42 bits per heavy atom. The Labute approximate surface area is 139 Å². The molecule has 2 aromatic rings. The molecular weight excluding hydrogens is 310 g/mol. The molecule has 5 heteroatoms. The number of piperazine rings is 1. The van der Waals surface area contributed by atoms with Gasteiger partial charge in [-0.25, -0.2) is 8.78 Å². The molecule has 1 aliphatic rings. The van der Waals surface area contributed by atoms with Gasteiger partial charge in [-0.2, -0.15) is 0 Å². The fourth-order valence-electron chi connectivity index (χ4n) is 2.76. The maximum atomic E-state index is 13.8. The number of amides is 1. The second-order valence-corrected chi connectivity index (χ2v) is 5.65. The van der Waals surface area contributed by atoms with Crippen LogP contribution in [0.4, 0.5) is 14.5 Å². The highest BCUT2D eigenvalue weighted by Crippen LogP contribution is 2.20. The minimum absolute atomic E-state index is 0.118. The summed E-state index contributed by atoms with van der Waals surface area (Å²) >= 11 is 0. The summed E-state index contributed by atoms with van der Waals surface area (Å²) < 4.78 is 26.9. The molecule has 0 bridgehead atoms. The quantitative estimate of drug-likeness (QED) is 0.807. The van der Waals surface area contributed by atoms with Crippen LogP contribution in [0.25, 0.3) is 6.08 Å². The first kappa shape index (κ1) is 16.2. The minimum Gasteiger partial charge on any atom is -0.366 e. The summed E-state index contributed by atoms with van der Waals surface area (Å²) in [6.45, 7) is 2.22. The Morgan fingerprint density at radius 1 is 0.958 bits per heavy atom. The number of carbonyl (C=O) groups excluding carboxylic acids is 1. The summed E-state index contributed by atoms with van der Waals surface area (Å²) in [4.78, 5) is 15.9. The van der Waals surface area contributed by atoms with Gasteiger partial charge >= 0.3 is 0 Å². The maximum absolute atomic E-state index is 13.8. The highest BCUT2D eigenvalue weighted by Gasteiger charge is 2.21. The van der Waals surface area contributed by atoms with E-state index >= 15 is 0 Å². The van der Waals surface area contributed by atoms with Crippen molar-refractivity contribution < 1.29 is 13.6 Å². The van der Waals surface area contributed by atoms with Crippen LogP contribution in [0, 0.1) is 11.6 Å². The van der Waals surface area contributed by atoms with Crippen LogP contribution in [0.1, 0.15) is 5.56 Å². The number of hydrogen-bond donors (Lipinski definition) is 0. The third-order valence-corrected chi connectivity index (χ3v) is 4.05. The Bertz CT molecular complexity index is 753. The standard InChI is InChI=1S/C19H18F2N2O/c20-16-5-3-4-15(14-16)8-9-19(24)23-12-10-22(11-13-23)18-7-2-1-6-17(18)21/h1-9,14H,10-13H2/b9-8+. The van der Waals surface area contributed by atoms with E-state index in [1.54, 1.807) is 41.3 Å². The van der Waals surface area contributed by atoms with Gasteiger partial charge in [0.25, 0.3) is 0 Å². The molecule has 3 rings (SSSR count). The van der Waals surface area contributed by atoms with Crippen molar-refractivity contribution in [2.75, 3.05) is 31.1 Å². The zero-order valence-corrected chi connectivity index (χ0v) is 13.2. The normalized spacial score (nSPS) is 15.1. The lowest BCUT2D eigenvalue weighted by atomic mass is 10.2. The molecule has 0 aromatic heterocycles. The predicted molar refractivity (Wildman–Crippen MR) is 90.6 cm³/mol. The number of para-hydroxylation sites is 1. The van der Waals surface area contributed by atoms with Crippen molar-refractivity contribution in [3.8, 4) is 0 Å². The molecule has 1 saturated heterocycles. The van der Waals surface area contributed by atoms with E-state index in [2.05, 4.69) is 0 Å². The van der Waals surface area contributed by atoms with Gasteiger partial charge in [0.15, 0.2) is 0 Å². The average molecular weight is 328 g/mol. The van der Waals surface area contributed by atoms with Gasteiger partial charge in [-0.15, -0.1) is 0 Å². The molecule has 1 fully saturated rings. The summed E-state index contributed by atoms with van der Waals surface area (Å²) in [7, 11) is 0. The smallest absolute Gasteiger partial charge is 0.246 e. The highest BCUT2D eigenvalue weighted by atomic mass is 19.1. The van der Waals surface area contributed by atoms with Crippen molar-refractivity contribution in [3.63, 3.8) is 0 Å². The van der Waals surface area contributed by atoms with Gasteiger partial charge in [-0.05, 0) is 35.9 Å². The molecule has 0 radical (unpaired) electrons. The van der Waals surface area contributed by atoms with E-state index in [0.717, 1.165) is 0 Å². The van der Waals surface area contributed by atoms with Crippen molar-refractivity contribution in [2.45, 2.75) is 0 Å². The van der Waals surface area contributed by atoms with Gasteiger partial charge in [0.2, 0.25) is 5.91 Å². The van der Waals surface area contributed by atoms with E-state index in [-0.39, 0.29) is 17.5 Å². The van der Waals surface area contributed by atoms with Crippen molar-refractivity contribution in [1.82, 2.24) is 4.90 Å². The lowest BCUT2D eigenvalue weighted by Gasteiger charge is -2.35. The lowest BCUT2D eigenvalue weighted by Crippen LogP contribution is -2.48. The van der Waals surface area contributed by atoms with Crippen LogP contribution in [0.2, 0.25) is 0 Å². The topological polar surface area (TPSA) is 23.6 Å². The fourth-order valence-corrected chi connectivity index (χ4v) is 2.76. The van der Waals surface area contributed by atoms with E-state index in [4.69, 9.17) is 0 Å². The third kappa shape index (κ3) is 3.79. The van der Waals surface area contributed by atoms with Gasteiger partial charge in [0.05, 0.1) is 5.69 Å². The average Bonchev–Trinajstić information content (AvgIpc) is 2.60. The maximum Gasteiger partial charge on any atom is 0.246 e. The van der Waals surface area contributed by atoms with Crippen LogP contribution in [0.3, 0.4) is 0 Å². The second-order valence-electron chi connectivity index (χ2n) is 5.65. The van der Waals surface area contributed by atoms with E-state index in [0.29, 0.717) is 37.4 Å². The van der Waals surface area contributed by atoms with Crippen molar-refractivity contribution >= 4 is 17.7 Å². The number of rotatable bonds is 3. The molecule has 24 heavy (non-hydrogen) atoms. The summed E-state index contributed by atoms with van der Waals surface area (Å²) in [5.74, 6) is -0.696. The van der Waals surface area contributed by atoms with Gasteiger partial charge < -0.3 is 9.80 Å². The molecule has 3 nitrogen and oxygen atoms in total. The van der Waals surface area contributed by atoms with Crippen LogP contribution in [0.5, 0.6) is 0 Å². The second kappa shape index (κ2) is 7.25. The first-order chi connectivity index (χ1) is 11.6. The minimum atomic E-state index is -0.330. The van der Waals surface area contributed by atoms with Crippen molar-refractivity contribution in [2.24, 2.45) is 0 Å². The summed E-state index contributed by atoms with van der Waals surface area (Å²) in [6.07, 6.45) is 3.06. The summed E-state index contributed by atoms with van der Waals surface area (Å²) in [6, 6.07) is 12.7. The largest absolute Gasteiger partial charge is 0.366 e.